The van der Waals surface area contributed by atoms with Crippen molar-refractivity contribution in [1.29, 1.82) is 0 Å². The molecule has 0 aromatic heterocycles. The van der Waals surface area contributed by atoms with Crippen LogP contribution in [0, 0.1) is 5.41 Å². The first-order valence-electron chi connectivity index (χ1n) is 9.21. The highest BCUT2D eigenvalue weighted by Crippen LogP contribution is 2.58. The third kappa shape index (κ3) is 2.00. The lowest BCUT2D eigenvalue weighted by molar-refractivity contribution is -0.156. The molecule has 5 atom stereocenters. The summed E-state index contributed by atoms with van der Waals surface area (Å²) in [6.45, 7) is 3.92. The summed E-state index contributed by atoms with van der Waals surface area (Å²) in [5.74, 6) is 0.566. The third-order valence-electron chi connectivity index (χ3n) is 7.00. The maximum atomic E-state index is 9.96. The molecule has 0 spiro atoms. The van der Waals surface area contributed by atoms with Crippen LogP contribution in [0.1, 0.15) is 54.4 Å². The van der Waals surface area contributed by atoms with Crippen LogP contribution in [0.15, 0.2) is 12.1 Å². The molecule has 0 radical (unpaired) electrons. The average Bonchev–Trinajstić information content (AvgIpc) is 2.87. The molecule has 0 bridgehead atoms. The van der Waals surface area contributed by atoms with Crippen molar-refractivity contribution in [3.63, 3.8) is 0 Å². The van der Waals surface area contributed by atoms with Crippen molar-refractivity contribution in [2.24, 2.45) is 5.41 Å². The van der Waals surface area contributed by atoms with Gasteiger partial charge in [-0.1, -0.05) is 19.1 Å². The van der Waals surface area contributed by atoms with Gasteiger partial charge in [-0.3, -0.25) is 0 Å². The Bertz CT molecular complexity index is 640. The van der Waals surface area contributed by atoms with E-state index in [4.69, 9.17) is 9.47 Å². The first kappa shape index (κ1) is 14.4. The molecular weight excluding hydrogens is 288 g/mol. The first-order valence-corrected chi connectivity index (χ1v) is 9.21. The number of fused-ring (bicyclic) bond motifs is 7. The Balaban J connectivity index is 1.57. The lowest BCUT2D eigenvalue weighted by Gasteiger charge is -2.43. The van der Waals surface area contributed by atoms with Crippen LogP contribution in [0.2, 0.25) is 0 Å². The minimum absolute atomic E-state index is 0.148. The van der Waals surface area contributed by atoms with E-state index in [2.05, 4.69) is 19.1 Å². The topological polar surface area (TPSA) is 38.7 Å². The minimum Gasteiger partial charge on any atom is -0.393 e. The fourth-order valence-corrected chi connectivity index (χ4v) is 5.82. The Labute approximate surface area is 138 Å². The average molecular weight is 314 g/mol. The molecule has 1 heterocycles. The van der Waals surface area contributed by atoms with Crippen molar-refractivity contribution in [2.75, 3.05) is 13.2 Å². The number of hydrogen-bond donors (Lipinski definition) is 1. The Hall–Kier alpha value is -0.900. The largest absolute Gasteiger partial charge is 0.393 e. The fourth-order valence-electron chi connectivity index (χ4n) is 5.82. The predicted octanol–water partition coefficient (Wildman–Crippen LogP) is 2.76. The van der Waals surface area contributed by atoms with Crippen LogP contribution in [0.4, 0.5) is 0 Å². The zero-order valence-electron chi connectivity index (χ0n) is 13.9. The van der Waals surface area contributed by atoms with Gasteiger partial charge < -0.3 is 14.6 Å². The van der Waals surface area contributed by atoms with E-state index in [1.807, 2.05) is 0 Å². The molecule has 0 amide bonds. The normalized spacial score (nSPS) is 41.7. The molecule has 1 aromatic rings. The maximum absolute atomic E-state index is 9.96. The number of benzene rings is 1. The number of ether oxygens (including phenoxy) is 2. The van der Waals surface area contributed by atoms with Gasteiger partial charge in [0.05, 0.1) is 31.5 Å². The van der Waals surface area contributed by atoms with E-state index in [-0.39, 0.29) is 23.7 Å². The SMILES string of the molecule is C[C@]12CCc3c(ccc4c3CC[C@H](O)C4)[C@@H]1CC1OCCOC12. The molecule has 1 aliphatic heterocycles. The molecule has 1 saturated carbocycles. The van der Waals surface area contributed by atoms with E-state index >= 15 is 0 Å². The quantitative estimate of drug-likeness (QED) is 0.800. The van der Waals surface area contributed by atoms with Gasteiger partial charge in [-0.05, 0) is 66.7 Å². The van der Waals surface area contributed by atoms with Crippen LogP contribution >= 0.6 is 0 Å². The molecule has 3 heteroatoms. The molecule has 1 aromatic carbocycles. The second-order valence-electron chi connectivity index (χ2n) is 8.16. The minimum atomic E-state index is -0.148. The number of rotatable bonds is 0. The van der Waals surface area contributed by atoms with Crippen LogP contribution < -0.4 is 0 Å². The van der Waals surface area contributed by atoms with Gasteiger partial charge in [-0.2, -0.15) is 0 Å². The van der Waals surface area contributed by atoms with Gasteiger partial charge >= 0.3 is 0 Å². The van der Waals surface area contributed by atoms with E-state index < -0.39 is 0 Å². The van der Waals surface area contributed by atoms with Gasteiger partial charge in [0.15, 0.2) is 0 Å². The van der Waals surface area contributed by atoms with Crippen molar-refractivity contribution >= 4 is 0 Å². The zero-order valence-corrected chi connectivity index (χ0v) is 13.9. The predicted molar refractivity (Wildman–Crippen MR) is 87.7 cm³/mol. The summed E-state index contributed by atoms with van der Waals surface area (Å²) in [6.07, 6.45) is 6.67. The van der Waals surface area contributed by atoms with Crippen LogP contribution in [0.5, 0.6) is 0 Å². The van der Waals surface area contributed by atoms with Gasteiger partial charge in [0.2, 0.25) is 0 Å². The standard InChI is InChI=1S/C20H26O3/c1-20-7-6-15-14-5-3-13(21)10-12(14)2-4-16(15)17(20)11-18-19(20)23-9-8-22-18/h2,4,13,17-19,21H,3,5-11H2,1H3/t13-,17-,18?,19?,20-/m0/s1. The Morgan fingerprint density at radius 2 is 2.00 bits per heavy atom. The van der Waals surface area contributed by atoms with Crippen LogP contribution in [-0.4, -0.2) is 36.6 Å². The Morgan fingerprint density at radius 3 is 2.91 bits per heavy atom. The summed E-state index contributed by atoms with van der Waals surface area (Å²) in [6, 6.07) is 4.64. The summed E-state index contributed by atoms with van der Waals surface area (Å²) >= 11 is 0. The lowest BCUT2D eigenvalue weighted by atomic mass is 9.64. The summed E-state index contributed by atoms with van der Waals surface area (Å²) in [7, 11) is 0. The van der Waals surface area contributed by atoms with Crippen LogP contribution in [-0.2, 0) is 28.7 Å². The van der Waals surface area contributed by atoms with E-state index in [0.717, 1.165) is 45.3 Å². The smallest absolute Gasteiger partial charge is 0.0897 e. The summed E-state index contributed by atoms with van der Waals surface area (Å²) in [4.78, 5) is 0. The second-order valence-corrected chi connectivity index (χ2v) is 8.16. The van der Waals surface area contributed by atoms with E-state index in [1.54, 1.807) is 16.7 Å². The third-order valence-corrected chi connectivity index (χ3v) is 7.00. The van der Waals surface area contributed by atoms with E-state index in [0.29, 0.717) is 5.92 Å². The maximum Gasteiger partial charge on any atom is 0.0897 e. The number of hydrogen-bond acceptors (Lipinski definition) is 3. The van der Waals surface area contributed by atoms with Crippen molar-refractivity contribution in [2.45, 2.75) is 69.7 Å². The van der Waals surface area contributed by atoms with Gasteiger partial charge in [-0.15, -0.1) is 0 Å². The highest BCUT2D eigenvalue weighted by atomic mass is 16.6. The van der Waals surface area contributed by atoms with Crippen molar-refractivity contribution < 1.29 is 14.6 Å². The summed E-state index contributed by atoms with van der Waals surface area (Å²) in [5, 5.41) is 9.96. The summed E-state index contributed by atoms with van der Waals surface area (Å²) in [5.41, 5.74) is 6.30. The molecule has 5 rings (SSSR count). The van der Waals surface area contributed by atoms with E-state index in [9.17, 15) is 5.11 Å². The van der Waals surface area contributed by atoms with Gasteiger partial charge in [-0.25, -0.2) is 0 Å². The van der Waals surface area contributed by atoms with Gasteiger partial charge in [0, 0.05) is 5.41 Å². The van der Waals surface area contributed by atoms with Gasteiger partial charge in [0.25, 0.3) is 0 Å². The molecule has 2 unspecified atom stereocenters. The number of aliphatic hydroxyl groups excluding tert-OH is 1. The molecule has 2 fully saturated rings. The van der Waals surface area contributed by atoms with Gasteiger partial charge in [0.1, 0.15) is 0 Å². The van der Waals surface area contributed by atoms with E-state index in [1.165, 1.54) is 12.0 Å². The molecule has 3 nitrogen and oxygen atoms in total. The summed E-state index contributed by atoms with van der Waals surface area (Å²) < 4.78 is 12.2. The number of aliphatic hydroxyl groups is 1. The molecule has 124 valence electrons. The van der Waals surface area contributed by atoms with Crippen LogP contribution in [0.3, 0.4) is 0 Å². The lowest BCUT2D eigenvalue weighted by Crippen LogP contribution is -2.44. The first-order chi connectivity index (χ1) is 11.2. The second kappa shape index (κ2) is 5.05. The Kier molecular flexibility index (Phi) is 3.17. The molecule has 4 aliphatic rings. The molecular formula is C20H26O3. The van der Waals surface area contributed by atoms with Crippen molar-refractivity contribution in [1.82, 2.24) is 0 Å². The fraction of sp³-hybridized carbons (Fsp3) is 0.700. The molecule has 3 aliphatic carbocycles. The van der Waals surface area contributed by atoms with Crippen LogP contribution in [0.25, 0.3) is 0 Å². The van der Waals surface area contributed by atoms with Crippen molar-refractivity contribution in [3.05, 3.63) is 34.4 Å². The highest BCUT2D eigenvalue weighted by molar-refractivity contribution is 5.48. The van der Waals surface area contributed by atoms with Crippen molar-refractivity contribution in [3.8, 4) is 0 Å². The molecule has 23 heavy (non-hydrogen) atoms. The monoisotopic (exact) mass is 314 g/mol. The zero-order chi connectivity index (χ0) is 15.6. The molecule has 1 saturated heterocycles. The Morgan fingerprint density at radius 1 is 1.13 bits per heavy atom. The highest BCUT2D eigenvalue weighted by Gasteiger charge is 2.56. The molecule has 1 N–H and O–H groups in total.